The lowest BCUT2D eigenvalue weighted by atomic mass is 9.96. The molecule has 0 aliphatic heterocycles. The number of hydrogen-bond donors (Lipinski definition) is 0. The van der Waals surface area contributed by atoms with E-state index in [1.54, 1.807) is 18.5 Å². The molecule has 0 aliphatic carbocycles. The lowest BCUT2D eigenvalue weighted by Gasteiger charge is -2.13. The van der Waals surface area contributed by atoms with E-state index in [4.69, 9.17) is 0 Å². The van der Waals surface area contributed by atoms with Crippen LogP contribution in [-0.2, 0) is 0 Å². The standard InChI is InChI=1S/C13H14N2O/c1-2-12(11-7-4-3-5-8-11)13(16)15-10-6-9-14-15/h3-10,12H,2H2,1H3/t12-/m0/s1. The third-order valence-corrected chi connectivity index (χ3v) is 2.64. The lowest BCUT2D eigenvalue weighted by molar-refractivity contribution is 0.0858. The average Bonchev–Trinajstić information content (AvgIpc) is 2.85. The molecule has 2 rings (SSSR count). The molecule has 0 amide bonds. The highest BCUT2D eigenvalue weighted by molar-refractivity contribution is 5.85. The smallest absolute Gasteiger partial charge is 0.254 e. The summed E-state index contributed by atoms with van der Waals surface area (Å²) in [6.45, 7) is 2.01. The summed E-state index contributed by atoms with van der Waals surface area (Å²) >= 11 is 0. The van der Waals surface area contributed by atoms with Crippen LogP contribution in [0.3, 0.4) is 0 Å². The SMILES string of the molecule is CC[C@H](C(=O)n1cccn1)c1ccccc1. The fourth-order valence-corrected chi connectivity index (χ4v) is 1.80. The molecule has 82 valence electrons. The first-order valence-electron chi connectivity index (χ1n) is 5.41. The van der Waals surface area contributed by atoms with Crippen molar-refractivity contribution in [3.63, 3.8) is 0 Å². The Kier molecular flexibility index (Phi) is 3.15. The lowest BCUT2D eigenvalue weighted by Crippen LogP contribution is -2.20. The third kappa shape index (κ3) is 2.03. The van der Waals surface area contributed by atoms with Crippen molar-refractivity contribution >= 4 is 5.91 Å². The van der Waals surface area contributed by atoms with Gasteiger partial charge in [-0.15, -0.1) is 0 Å². The van der Waals surface area contributed by atoms with Gasteiger partial charge in [-0.25, -0.2) is 4.68 Å². The van der Waals surface area contributed by atoms with E-state index >= 15 is 0 Å². The van der Waals surface area contributed by atoms with E-state index in [1.165, 1.54) is 4.68 Å². The Hall–Kier alpha value is -1.90. The number of aromatic nitrogens is 2. The van der Waals surface area contributed by atoms with Gasteiger partial charge in [0.05, 0.1) is 5.92 Å². The predicted molar refractivity (Wildman–Crippen MR) is 62.3 cm³/mol. The van der Waals surface area contributed by atoms with E-state index in [0.717, 1.165) is 12.0 Å². The highest BCUT2D eigenvalue weighted by Gasteiger charge is 2.19. The molecule has 0 N–H and O–H groups in total. The minimum atomic E-state index is -0.110. The second-order valence-electron chi connectivity index (χ2n) is 3.66. The molecule has 0 spiro atoms. The monoisotopic (exact) mass is 214 g/mol. The van der Waals surface area contributed by atoms with Crippen LogP contribution in [-0.4, -0.2) is 15.7 Å². The van der Waals surface area contributed by atoms with Crippen LogP contribution in [0.15, 0.2) is 48.8 Å². The van der Waals surface area contributed by atoms with Gasteiger partial charge < -0.3 is 0 Å². The first kappa shape index (κ1) is 10.6. The van der Waals surface area contributed by atoms with Crippen LogP contribution < -0.4 is 0 Å². The normalized spacial score (nSPS) is 12.3. The Labute approximate surface area is 94.7 Å². The van der Waals surface area contributed by atoms with Crippen molar-refractivity contribution in [3.8, 4) is 0 Å². The maximum atomic E-state index is 12.1. The molecule has 16 heavy (non-hydrogen) atoms. The molecule has 0 fully saturated rings. The van der Waals surface area contributed by atoms with Gasteiger partial charge >= 0.3 is 0 Å². The Balaban J connectivity index is 2.27. The summed E-state index contributed by atoms with van der Waals surface area (Å²) in [6, 6.07) is 11.6. The van der Waals surface area contributed by atoms with Gasteiger partial charge in [-0.3, -0.25) is 4.79 Å². The molecule has 0 saturated carbocycles. The van der Waals surface area contributed by atoms with Crippen LogP contribution in [0.25, 0.3) is 0 Å². The Bertz CT molecular complexity index is 448. The topological polar surface area (TPSA) is 34.9 Å². The highest BCUT2D eigenvalue weighted by atomic mass is 16.2. The predicted octanol–water partition coefficient (Wildman–Crippen LogP) is 2.72. The Morgan fingerprint density at radius 2 is 2.06 bits per heavy atom. The summed E-state index contributed by atoms with van der Waals surface area (Å²) in [7, 11) is 0. The van der Waals surface area contributed by atoms with Gasteiger partial charge in [-0.05, 0) is 18.1 Å². The molecule has 0 unspecified atom stereocenters. The zero-order valence-electron chi connectivity index (χ0n) is 9.21. The third-order valence-electron chi connectivity index (χ3n) is 2.64. The molecule has 1 aromatic carbocycles. The largest absolute Gasteiger partial charge is 0.272 e. The van der Waals surface area contributed by atoms with Crippen molar-refractivity contribution < 1.29 is 4.79 Å². The van der Waals surface area contributed by atoms with Crippen LogP contribution in [0.2, 0.25) is 0 Å². The van der Waals surface area contributed by atoms with E-state index in [0.29, 0.717) is 0 Å². The Morgan fingerprint density at radius 3 is 2.62 bits per heavy atom. The number of carbonyl (C=O) groups is 1. The Morgan fingerprint density at radius 1 is 1.31 bits per heavy atom. The summed E-state index contributed by atoms with van der Waals surface area (Å²) in [5, 5.41) is 3.98. The number of rotatable bonds is 3. The van der Waals surface area contributed by atoms with E-state index in [-0.39, 0.29) is 11.8 Å². The second-order valence-corrected chi connectivity index (χ2v) is 3.66. The number of hydrogen-bond acceptors (Lipinski definition) is 2. The van der Waals surface area contributed by atoms with Crippen LogP contribution in [0.4, 0.5) is 0 Å². The van der Waals surface area contributed by atoms with E-state index < -0.39 is 0 Å². The van der Waals surface area contributed by atoms with Crippen LogP contribution in [0.1, 0.15) is 29.6 Å². The summed E-state index contributed by atoms with van der Waals surface area (Å²) in [5.74, 6) is -0.0835. The molecule has 1 atom stereocenters. The van der Waals surface area contributed by atoms with Gasteiger partial charge in [-0.2, -0.15) is 5.10 Å². The van der Waals surface area contributed by atoms with Gasteiger partial charge in [0.2, 0.25) is 0 Å². The van der Waals surface area contributed by atoms with E-state index in [9.17, 15) is 4.79 Å². The quantitative estimate of drug-likeness (QED) is 0.787. The summed E-state index contributed by atoms with van der Waals surface area (Å²) in [4.78, 5) is 12.1. The maximum Gasteiger partial charge on any atom is 0.254 e. The second kappa shape index (κ2) is 4.75. The zero-order valence-corrected chi connectivity index (χ0v) is 9.21. The molecule has 1 aromatic heterocycles. The molecule has 0 aliphatic rings. The van der Waals surface area contributed by atoms with Crippen molar-refractivity contribution in [2.75, 3.05) is 0 Å². The van der Waals surface area contributed by atoms with Crippen LogP contribution >= 0.6 is 0 Å². The molecule has 1 heterocycles. The molecular weight excluding hydrogens is 200 g/mol. The fraction of sp³-hybridized carbons (Fsp3) is 0.231. The van der Waals surface area contributed by atoms with Gasteiger partial charge in [0.25, 0.3) is 5.91 Å². The maximum absolute atomic E-state index is 12.1. The zero-order chi connectivity index (χ0) is 11.4. The minimum absolute atomic E-state index is 0.0266. The average molecular weight is 214 g/mol. The molecule has 0 radical (unpaired) electrons. The van der Waals surface area contributed by atoms with Crippen molar-refractivity contribution in [1.82, 2.24) is 9.78 Å². The van der Waals surface area contributed by atoms with Crippen LogP contribution in [0, 0.1) is 0 Å². The first-order chi connectivity index (χ1) is 7.83. The van der Waals surface area contributed by atoms with Gasteiger partial charge in [0.1, 0.15) is 0 Å². The highest BCUT2D eigenvalue weighted by Crippen LogP contribution is 2.20. The van der Waals surface area contributed by atoms with E-state index in [2.05, 4.69) is 5.10 Å². The number of nitrogens with zero attached hydrogens (tertiary/aromatic N) is 2. The molecule has 0 bridgehead atoms. The van der Waals surface area contributed by atoms with Crippen molar-refractivity contribution in [3.05, 3.63) is 54.4 Å². The van der Waals surface area contributed by atoms with Gasteiger partial charge in [0, 0.05) is 12.4 Å². The summed E-state index contributed by atoms with van der Waals surface area (Å²) in [6.07, 6.45) is 4.09. The molecule has 3 nitrogen and oxygen atoms in total. The van der Waals surface area contributed by atoms with Gasteiger partial charge in [-0.1, -0.05) is 37.3 Å². The fourth-order valence-electron chi connectivity index (χ4n) is 1.80. The molecule has 2 aromatic rings. The number of carbonyl (C=O) groups excluding carboxylic acids is 1. The molecular formula is C13H14N2O. The van der Waals surface area contributed by atoms with Crippen molar-refractivity contribution in [1.29, 1.82) is 0 Å². The van der Waals surface area contributed by atoms with Crippen molar-refractivity contribution in [2.45, 2.75) is 19.3 Å². The minimum Gasteiger partial charge on any atom is -0.272 e. The van der Waals surface area contributed by atoms with Gasteiger partial charge in [0.15, 0.2) is 0 Å². The molecule has 3 heteroatoms. The summed E-state index contributed by atoms with van der Waals surface area (Å²) in [5.41, 5.74) is 1.05. The molecule has 0 saturated heterocycles. The summed E-state index contributed by atoms with van der Waals surface area (Å²) < 4.78 is 1.40. The van der Waals surface area contributed by atoms with Crippen LogP contribution in [0.5, 0.6) is 0 Å². The number of benzene rings is 1. The first-order valence-corrected chi connectivity index (χ1v) is 5.41. The van der Waals surface area contributed by atoms with Crippen molar-refractivity contribution in [2.24, 2.45) is 0 Å². The van der Waals surface area contributed by atoms with E-state index in [1.807, 2.05) is 37.3 Å².